The summed E-state index contributed by atoms with van der Waals surface area (Å²) in [6.45, 7) is 1.34. The van der Waals surface area contributed by atoms with E-state index in [0.717, 1.165) is 25.0 Å². The number of carbonyl (C=O) groups is 1. The topological polar surface area (TPSA) is 102 Å². The third-order valence-corrected chi connectivity index (χ3v) is 5.64. The maximum atomic E-state index is 14.1. The van der Waals surface area contributed by atoms with E-state index in [2.05, 4.69) is 15.0 Å². The number of aromatic nitrogens is 5. The molecule has 2 N–H and O–H groups in total. The number of anilines is 1. The fraction of sp³-hybridized carbons (Fsp3) is 0.286. The Morgan fingerprint density at radius 1 is 1.20 bits per heavy atom. The summed E-state index contributed by atoms with van der Waals surface area (Å²) in [4.78, 5) is 31.3. The Kier molecular flexibility index (Phi) is 4.50. The largest absolute Gasteiger partial charge is 0.369 e. The zero-order valence-corrected chi connectivity index (χ0v) is 16.2. The molecule has 1 aromatic carbocycles. The van der Waals surface area contributed by atoms with Crippen LogP contribution in [-0.4, -0.2) is 48.2 Å². The van der Waals surface area contributed by atoms with Gasteiger partial charge >= 0.3 is 0 Å². The highest BCUT2D eigenvalue weighted by molar-refractivity contribution is 5.93. The second kappa shape index (κ2) is 7.33. The number of rotatable bonds is 3. The fourth-order valence-corrected chi connectivity index (χ4v) is 4.08. The predicted octanol–water partition coefficient (Wildman–Crippen LogP) is 2.49. The van der Waals surface area contributed by atoms with Gasteiger partial charge in [0.2, 0.25) is 5.95 Å². The second-order valence-corrected chi connectivity index (χ2v) is 7.56. The Labute approximate surface area is 171 Å². The maximum Gasteiger partial charge on any atom is 0.274 e. The van der Waals surface area contributed by atoms with Crippen molar-refractivity contribution in [1.29, 1.82) is 0 Å². The monoisotopic (exact) mass is 405 g/mol. The molecule has 9 heteroatoms. The van der Waals surface area contributed by atoms with Crippen LogP contribution in [0.4, 0.5) is 10.3 Å². The van der Waals surface area contributed by atoms with Gasteiger partial charge in [0.25, 0.3) is 5.91 Å². The van der Waals surface area contributed by atoms with Gasteiger partial charge in [-0.3, -0.25) is 14.2 Å². The van der Waals surface area contributed by atoms with Crippen LogP contribution in [0.15, 0.2) is 43.0 Å². The molecule has 8 nitrogen and oxygen atoms in total. The van der Waals surface area contributed by atoms with Crippen LogP contribution in [0, 0.1) is 11.7 Å². The van der Waals surface area contributed by atoms with Gasteiger partial charge in [0.1, 0.15) is 22.7 Å². The van der Waals surface area contributed by atoms with Crippen molar-refractivity contribution < 1.29 is 9.18 Å². The van der Waals surface area contributed by atoms with Crippen molar-refractivity contribution in [2.24, 2.45) is 5.92 Å². The van der Waals surface area contributed by atoms with Crippen LogP contribution < -0.4 is 5.73 Å². The van der Waals surface area contributed by atoms with E-state index < -0.39 is 5.82 Å². The molecule has 1 aliphatic rings. The molecule has 0 bridgehead atoms. The van der Waals surface area contributed by atoms with Gasteiger partial charge in [0.05, 0.1) is 11.9 Å². The lowest BCUT2D eigenvalue weighted by Gasteiger charge is -2.31. The van der Waals surface area contributed by atoms with Crippen molar-refractivity contribution in [2.45, 2.75) is 19.3 Å². The first-order chi connectivity index (χ1) is 14.6. The van der Waals surface area contributed by atoms with Gasteiger partial charge in [-0.1, -0.05) is 6.07 Å². The minimum atomic E-state index is -0.411. The normalized spacial score (nSPS) is 15.2. The minimum Gasteiger partial charge on any atom is -0.369 e. The van der Waals surface area contributed by atoms with Gasteiger partial charge < -0.3 is 10.6 Å². The maximum absolute atomic E-state index is 14.1. The van der Waals surface area contributed by atoms with Crippen molar-refractivity contribution in [3.05, 3.63) is 60.2 Å². The van der Waals surface area contributed by atoms with Crippen molar-refractivity contribution in [1.82, 2.24) is 29.2 Å². The Morgan fingerprint density at radius 2 is 2.03 bits per heavy atom. The van der Waals surface area contributed by atoms with Crippen LogP contribution in [0.3, 0.4) is 0 Å². The van der Waals surface area contributed by atoms with Gasteiger partial charge in [-0.05, 0) is 37.3 Å². The quantitative estimate of drug-likeness (QED) is 0.562. The molecule has 3 aromatic heterocycles. The number of carbonyl (C=O) groups excluding carboxylic acids is 1. The van der Waals surface area contributed by atoms with Gasteiger partial charge in [0.15, 0.2) is 0 Å². The highest BCUT2D eigenvalue weighted by Crippen LogP contribution is 2.26. The number of amides is 1. The molecule has 4 heterocycles. The first-order valence-electron chi connectivity index (χ1n) is 9.87. The Balaban J connectivity index is 1.32. The summed E-state index contributed by atoms with van der Waals surface area (Å²) in [5.41, 5.74) is 8.14. The van der Waals surface area contributed by atoms with Crippen LogP contribution >= 0.6 is 0 Å². The Bertz CT molecular complexity index is 1230. The lowest BCUT2D eigenvalue weighted by Crippen LogP contribution is -2.39. The number of para-hydroxylation sites is 1. The molecule has 0 atom stereocenters. The summed E-state index contributed by atoms with van der Waals surface area (Å²) in [6.07, 6.45) is 8.98. The third kappa shape index (κ3) is 3.22. The average Bonchev–Trinajstić information content (AvgIpc) is 3.20. The molecule has 1 fully saturated rings. The Morgan fingerprint density at radius 3 is 2.80 bits per heavy atom. The summed E-state index contributed by atoms with van der Waals surface area (Å²) < 4.78 is 15.8. The zero-order chi connectivity index (χ0) is 20.7. The molecule has 5 rings (SSSR count). The third-order valence-electron chi connectivity index (χ3n) is 5.64. The smallest absolute Gasteiger partial charge is 0.274 e. The number of benzene rings is 1. The Hall–Kier alpha value is -3.62. The van der Waals surface area contributed by atoms with Crippen molar-refractivity contribution in [3.63, 3.8) is 0 Å². The predicted molar refractivity (Wildman–Crippen MR) is 109 cm³/mol. The molecule has 4 aromatic rings. The van der Waals surface area contributed by atoms with E-state index >= 15 is 0 Å². The molecule has 0 saturated carbocycles. The number of piperidine rings is 1. The van der Waals surface area contributed by atoms with Crippen LogP contribution in [0.25, 0.3) is 16.6 Å². The molecule has 1 saturated heterocycles. The van der Waals surface area contributed by atoms with Gasteiger partial charge in [0, 0.05) is 37.1 Å². The molecule has 0 radical (unpaired) electrons. The van der Waals surface area contributed by atoms with E-state index in [0.29, 0.717) is 35.7 Å². The first kappa shape index (κ1) is 18.4. The van der Waals surface area contributed by atoms with Crippen molar-refractivity contribution >= 4 is 28.4 Å². The van der Waals surface area contributed by atoms with E-state index in [4.69, 9.17) is 10.7 Å². The van der Waals surface area contributed by atoms with Crippen LogP contribution in [-0.2, 0) is 6.42 Å². The second-order valence-electron chi connectivity index (χ2n) is 7.56. The van der Waals surface area contributed by atoms with Crippen LogP contribution in [0.5, 0.6) is 0 Å². The van der Waals surface area contributed by atoms with Crippen LogP contribution in [0.1, 0.15) is 29.0 Å². The number of imidazole rings is 1. The molecule has 152 valence electrons. The highest BCUT2D eigenvalue weighted by atomic mass is 19.1. The van der Waals surface area contributed by atoms with Crippen LogP contribution in [0.2, 0.25) is 0 Å². The van der Waals surface area contributed by atoms with Gasteiger partial charge in [-0.25, -0.2) is 19.3 Å². The van der Waals surface area contributed by atoms with Gasteiger partial charge in [-0.2, -0.15) is 0 Å². The molecule has 1 aliphatic heterocycles. The summed E-state index contributed by atoms with van der Waals surface area (Å²) in [5.74, 6) is 0.122. The molecule has 30 heavy (non-hydrogen) atoms. The highest BCUT2D eigenvalue weighted by Gasteiger charge is 2.25. The number of halogens is 1. The molecular formula is C21H20FN7O. The standard InChI is InChI=1S/C21H20FN7O/c22-16-3-1-2-15-18(16)27-21(23)29-12-14(26-19(15)29)10-13-4-8-28(9-5-13)20(30)17-11-24-6-7-25-17/h1-3,6-7,11-13H,4-5,8-10H2,(H2,23,27). The summed E-state index contributed by atoms with van der Waals surface area (Å²) in [6, 6.07) is 4.81. The molecule has 0 aliphatic carbocycles. The lowest BCUT2D eigenvalue weighted by molar-refractivity contribution is 0.0684. The molecule has 1 amide bonds. The fourth-order valence-electron chi connectivity index (χ4n) is 4.08. The number of nitrogens with zero attached hydrogens (tertiary/aromatic N) is 6. The van der Waals surface area contributed by atoms with Crippen molar-refractivity contribution in [3.8, 4) is 0 Å². The van der Waals surface area contributed by atoms with E-state index in [9.17, 15) is 9.18 Å². The first-order valence-corrected chi connectivity index (χ1v) is 9.87. The SMILES string of the molecule is Nc1nc2c(F)cccc2c2nc(CC3CCN(C(=O)c4cnccn4)CC3)cn12. The summed E-state index contributed by atoms with van der Waals surface area (Å²) in [7, 11) is 0. The lowest BCUT2D eigenvalue weighted by atomic mass is 9.92. The number of likely N-dealkylation sites (tertiary alicyclic amines) is 1. The van der Waals surface area contributed by atoms with Crippen molar-refractivity contribution in [2.75, 3.05) is 18.8 Å². The van der Waals surface area contributed by atoms with E-state index in [1.807, 2.05) is 11.1 Å². The van der Waals surface area contributed by atoms with E-state index in [1.54, 1.807) is 22.7 Å². The number of nitrogen functional groups attached to an aromatic ring is 1. The summed E-state index contributed by atoms with van der Waals surface area (Å²) in [5, 5.41) is 0.639. The molecular weight excluding hydrogens is 385 g/mol. The number of fused-ring (bicyclic) bond motifs is 3. The average molecular weight is 405 g/mol. The van der Waals surface area contributed by atoms with E-state index in [-0.39, 0.29) is 17.4 Å². The number of hydrogen-bond donors (Lipinski definition) is 1. The molecule has 0 spiro atoms. The number of nitrogens with two attached hydrogens (primary N) is 1. The minimum absolute atomic E-state index is 0.0818. The van der Waals surface area contributed by atoms with E-state index in [1.165, 1.54) is 18.5 Å². The number of hydrogen-bond acceptors (Lipinski definition) is 6. The zero-order valence-electron chi connectivity index (χ0n) is 16.2. The van der Waals surface area contributed by atoms with Gasteiger partial charge in [-0.15, -0.1) is 0 Å². The molecule has 0 unspecified atom stereocenters. The summed E-state index contributed by atoms with van der Waals surface area (Å²) >= 11 is 0.